The highest BCUT2D eigenvalue weighted by molar-refractivity contribution is 5.66. The molecule has 0 spiro atoms. The van der Waals surface area contributed by atoms with Crippen molar-refractivity contribution in [2.45, 2.75) is 37.2 Å². The second-order valence-corrected chi connectivity index (χ2v) is 10.3. The Bertz CT molecular complexity index is 1120. The van der Waals surface area contributed by atoms with E-state index < -0.39 is 12.1 Å². The quantitative estimate of drug-likeness (QED) is 0.708. The van der Waals surface area contributed by atoms with Crippen LogP contribution in [0.3, 0.4) is 0 Å². The molecule has 0 radical (unpaired) electrons. The van der Waals surface area contributed by atoms with Gasteiger partial charge in [-0.15, -0.1) is 13.2 Å². The lowest BCUT2D eigenvalue weighted by Crippen LogP contribution is -2.48. The molecule has 6 fully saturated rings. The molecule has 2 bridgehead atoms. The smallest absolute Gasteiger partial charge is 0.402 e. The third kappa shape index (κ3) is 3.39. The second-order valence-electron chi connectivity index (χ2n) is 10.3. The van der Waals surface area contributed by atoms with E-state index in [4.69, 9.17) is 20.4 Å². The fourth-order valence-electron chi connectivity index (χ4n) is 6.21. The van der Waals surface area contributed by atoms with Crippen LogP contribution in [0.15, 0.2) is 18.3 Å². The number of nitrogens with two attached hydrogens (primary N) is 1. The van der Waals surface area contributed by atoms with Gasteiger partial charge in [-0.1, -0.05) is 0 Å². The molecule has 2 aliphatic carbocycles. The Balaban J connectivity index is 1.22. The molecule has 34 heavy (non-hydrogen) atoms. The minimum atomic E-state index is -4.85. The molecule has 4 saturated heterocycles. The van der Waals surface area contributed by atoms with E-state index in [1.54, 1.807) is 0 Å². The summed E-state index contributed by atoms with van der Waals surface area (Å²) in [5.41, 5.74) is 7.60. The van der Waals surface area contributed by atoms with Gasteiger partial charge < -0.3 is 20.1 Å². The summed E-state index contributed by atoms with van der Waals surface area (Å²) in [4.78, 5) is 18.5. The Morgan fingerprint density at radius 1 is 1.03 bits per heavy atom. The van der Waals surface area contributed by atoms with Crippen LogP contribution in [0.25, 0.3) is 11.3 Å². The summed E-state index contributed by atoms with van der Waals surface area (Å²) >= 11 is 0. The SMILES string of the molecule is Nc1ncc(-c2cc(C3C4CN(C5COC5)CC43)nc(N3CC4CC3C4)n2)cc1OC(F)(F)F. The number of fused-ring (bicyclic) bond motifs is 2. The maximum Gasteiger partial charge on any atom is 0.573 e. The van der Waals surface area contributed by atoms with E-state index in [-0.39, 0.29) is 5.82 Å². The van der Waals surface area contributed by atoms with Crippen molar-refractivity contribution in [3.8, 4) is 17.0 Å². The van der Waals surface area contributed by atoms with E-state index in [9.17, 15) is 13.2 Å². The highest BCUT2D eigenvalue weighted by Crippen LogP contribution is 2.58. The number of ether oxygens (including phenoxy) is 2. The summed E-state index contributed by atoms with van der Waals surface area (Å²) in [7, 11) is 0. The van der Waals surface area contributed by atoms with Crippen LogP contribution < -0.4 is 15.4 Å². The third-order valence-corrected chi connectivity index (χ3v) is 8.20. The number of alkyl halides is 3. The summed E-state index contributed by atoms with van der Waals surface area (Å²) in [5.74, 6) is 1.98. The van der Waals surface area contributed by atoms with Gasteiger partial charge in [0.25, 0.3) is 0 Å². The molecule has 2 unspecified atom stereocenters. The number of nitrogen functional groups attached to an aromatic ring is 1. The number of anilines is 2. The Hall–Kier alpha value is -2.66. The number of aromatic nitrogens is 3. The van der Waals surface area contributed by atoms with E-state index in [2.05, 4.69) is 19.5 Å². The Morgan fingerprint density at radius 2 is 1.79 bits per heavy atom. The number of hydrogen-bond acceptors (Lipinski definition) is 8. The predicted molar refractivity (Wildman–Crippen MR) is 116 cm³/mol. The molecule has 2 N–H and O–H groups in total. The zero-order chi connectivity index (χ0) is 23.2. The lowest BCUT2D eigenvalue weighted by atomic mass is 9.86. The Morgan fingerprint density at radius 3 is 2.41 bits per heavy atom. The van der Waals surface area contributed by atoms with Crippen LogP contribution in [0.4, 0.5) is 24.9 Å². The lowest BCUT2D eigenvalue weighted by Gasteiger charge is -2.35. The normalized spacial score (nSPS) is 32.3. The maximum atomic E-state index is 12.8. The highest BCUT2D eigenvalue weighted by atomic mass is 19.4. The summed E-state index contributed by atoms with van der Waals surface area (Å²) in [6.45, 7) is 4.65. The zero-order valence-corrected chi connectivity index (χ0v) is 18.4. The lowest BCUT2D eigenvalue weighted by molar-refractivity contribution is -0.274. The molecule has 2 aromatic rings. The summed E-state index contributed by atoms with van der Waals surface area (Å²) < 4.78 is 48.0. The number of likely N-dealkylation sites (tertiary alicyclic amines) is 1. The molecule has 6 heterocycles. The van der Waals surface area contributed by atoms with Gasteiger partial charge in [0, 0.05) is 43.4 Å². The van der Waals surface area contributed by atoms with Crippen LogP contribution in [0.1, 0.15) is 24.5 Å². The first kappa shape index (κ1) is 20.7. The van der Waals surface area contributed by atoms with Crippen molar-refractivity contribution in [2.24, 2.45) is 17.8 Å². The minimum Gasteiger partial charge on any atom is -0.402 e. The average molecular weight is 474 g/mol. The van der Waals surface area contributed by atoms with Crippen LogP contribution in [0.2, 0.25) is 0 Å². The van der Waals surface area contributed by atoms with Gasteiger partial charge >= 0.3 is 6.36 Å². The molecule has 180 valence electrons. The molecule has 8 rings (SSSR count). The Kier molecular flexibility index (Phi) is 4.37. The van der Waals surface area contributed by atoms with Crippen LogP contribution >= 0.6 is 0 Å². The van der Waals surface area contributed by atoms with Crippen molar-refractivity contribution >= 4 is 11.8 Å². The van der Waals surface area contributed by atoms with Crippen LogP contribution in [-0.2, 0) is 4.74 Å². The molecule has 8 nitrogen and oxygen atoms in total. The van der Waals surface area contributed by atoms with Crippen LogP contribution in [0, 0.1) is 17.8 Å². The number of nitrogens with zero attached hydrogens (tertiary/aromatic N) is 5. The second kappa shape index (κ2) is 7.17. The monoisotopic (exact) mass is 474 g/mol. The molecule has 0 aromatic carbocycles. The van der Waals surface area contributed by atoms with Crippen molar-refractivity contribution in [1.82, 2.24) is 19.9 Å². The number of pyridine rings is 1. The van der Waals surface area contributed by atoms with E-state index in [0.29, 0.717) is 53.0 Å². The van der Waals surface area contributed by atoms with E-state index in [1.165, 1.54) is 12.3 Å². The van der Waals surface area contributed by atoms with Crippen molar-refractivity contribution < 1.29 is 22.6 Å². The first-order valence-electron chi connectivity index (χ1n) is 11.8. The van der Waals surface area contributed by atoms with Gasteiger partial charge in [-0.25, -0.2) is 15.0 Å². The molecular formula is C23H25F3N6O2. The Labute approximate surface area is 194 Å². The van der Waals surface area contributed by atoms with Gasteiger partial charge in [0.1, 0.15) is 0 Å². The highest BCUT2D eigenvalue weighted by Gasteiger charge is 2.58. The van der Waals surface area contributed by atoms with E-state index in [0.717, 1.165) is 51.4 Å². The summed E-state index contributed by atoms with van der Waals surface area (Å²) in [5, 5.41) is 0. The standard InChI is InChI=1S/C23H25F3N6O2/c24-23(25,26)34-19-3-12(5-28-21(19)27)17-4-18(30-22(29-17)32-6-11-1-13(32)2-11)20-15-7-31(8-16(15)20)14-9-33-10-14/h3-5,11,13-16,20H,1-2,6-10H2,(H2,27,28). The predicted octanol–water partition coefficient (Wildman–Crippen LogP) is 2.66. The first-order chi connectivity index (χ1) is 16.3. The van der Waals surface area contributed by atoms with Crippen molar-refractivity contribution in [1.29, 1.82) is 0 Å². The van der Waals surface area contributed by atoms with Gasteiger partial charge in [-0.3, -0.25) is 4.90 Å². The van der Waals surface area contributed by atoms with Gasteiger partial charge in [-0.2, -0.15) is 0 Å². The van der Waals surface area contributed by atoms with Crippen molar-refractivity contribution in [3.63, 3.8) is 0 Å². The molecule has 4 aliphatic heterocycles. The zero-order valence-electron chi connectivity index (χ0n) is 18.4. The molecule has 2 saturated carbocycles. The molecule has 2 aromatic heterocycles. The van der Waals surface area contributed by atoms with Gasteiger partial charge in [0.2, 0.25) is 5.95 Å². The average Bonchev–Trinajstić information content (AvgIpc) is 3.11. The molecule has 2 atom stereocenters. The van der Waals surface area contributed by atoms with Crippen molar-refractivity contribution in [2.75, 3.05) is 43.5 Å². The van der Waals surface area contributed by atoms with Crippen LogP contribution in [0.5, 0.6) is 5.75 Å². The number of halogens is 3. The molecular weight excluding hydrogens is 449 g/mol. The molecule has 6 aliphatic rings. The minimum absolute atomic E-state index is 0.312. The maximum absolute atomic E-state index is 12.8. The topological polar surface area (TPSA) is 89.6 Å². The summed E-state index contributed by atoms with van der Waals surface area (Å²) in [6, 6.07) is 4.17. The van der Waals surface area contributed by atoms with Crippen molar-refractivity contribution in [3.05, 3.63) is 24.0 Å². The third-order valence-electron chi connectivity index (χ3n) is 8.20. The van der Waals surface area contributed by atoms with Gasteiger partial charge in [-0.05, 0) is 42.7 Å². The number of rotatable bonds is 5. The number of piperidine rings is 1. The van der Waals surface area contributed by atoms with Crippen LogP contribution in [-0.4, -0.2) is 71.1 Å². The summed E-state index contributed by atoms with van der Waals surface area (Å²) in [6.07, 6.45) is -1.09. The molecule has 11 heteroatoms. The fourth-order valence-corrected chi connectivity index (χ4v) is 6.21. The van der Waals surface area contributed by atoms with E-state index >= 15 is 0 Å². The van der Waals surface area contributed by atoms with Gasteiger partial charge in [0.05, 0.1) is 30.6 Å². The van der Waals surface area contributed by atoms with Gasteiger partial charge in [0.15, 0.2) is 11.6 Å². The van der Waals surface area contributed by atoms with E-state index in [1.807, 2.05) is 6.07 Å². The fraction of sp³-hybridized carbons (Fsp3) is 0.609. The first-order valence-corrected chi connectivity index (χ1v) is 11.8. The largest absolute Gasteiger partial charge is 0.573 e. The molecule has 0 amide bonds. The number of hydrogen-bond donors (Lipinski definition) is 1.